The third-order valence-electron chi connectivity index (χ3n) is 2.35. The molecule has 0 unspecified atom stereocenters. The normalized spacial score (nSPS) is 31.1. The van der Waals surface area contributed by atoms with Gasteiger partial charge < -0.3 is 18.4 Å². The molecule has 0 bridgehead atoms. The topological polar surface area (TPSA) is 108 Å². The van der Waals surface area contributed by atoms with Crippen molar-refractivity contribution >= 4 is 16.4 Å². The van der Waals surface area contributed by atoms with Gasteiger partial charge in [-0.2, -0.15) is 8.42 Å². The van der Waals surface area contributed by atoms with Crippen molar-refractivity contribution < 1.29 is 36.2 Å². The highest BCUT2D eigenvalue weighted by molar-refractivity contribution is 7.81. The van der Waals surface area contributed by atoms with E-state index >= 15 is 0 Å². The average Bonchev–Trinajstić information content (AvgIpc) is 2.67. The van der Waals surface area contributed by atoms with Gasteiger partial charge in [0.1, 0.15) is 6.10 Å². The van der Waals surface area contributed by atoms with Crippen LogP contribution in [0.3, 0.4) is 0 Å². The molecule has 0 aromatic rings. The molecule has 0 aromatic carbocycles. The Labute approximate surface area is 103 Å². The maximum absolute atomic E-state index is 11.1. The molecule has 0 aromatic heterocycles. The molecule has 0 spiro atoms. The Morgan fingerprint density at radius 3 is 2.67 bits per heavy atom. The van der Waals surface area contributed by atoms with Crippen LogP contribution in [0.1, 0.15) is 13.8 Å². The summed E-state index contributed by atoms with van der Waals surface area (Å²) < 4.78 is 49.7. The monoisotopic (exact) mass is 280 g/mol. The van der Waals surface area contributed by atoms with Crippen LogP contribution >= 0.6 is 0 Å². The van der Waals surface area contributed by atoms with Crippen LogP contribution in [0.15, 0.2) is 11.8 Å². The number of rotatable bonds is 3. The van der Waals surface area contributed by atoms with Gasteiger partial charge in [0, 0.05) is 0 Å². The van der Waals surface area contributed by atoms with Gasteiger partial charge in [-0.15, -0.1) is 0 Å². The minimum Gasteiger partial charge on any atom is -0.448 e. The van der Waals surface area contributed by atoms with Crippen LogP contribution in [0.25, 0.3) is 0 Å². The van der Waals surface area contributed by atoms with Gasteiger partial charge in [0.05, 0.1) is 12.7 Å². The van der Waals surface area contributed by atoms with E-state index < -0.39 is 34.4 Å². The third kappa shape index (κ3) is 2.99. The zero-order valence-corrected chi connectivity index (χ0v) is 10.5. The fourth-order valence-corrected chi connectivity index (χ4v) is 2.12. The van der Waals surface area contributed by atoms with Gasteiger partial charge in [-0.05, 0) is 13.8 Å². The van der Waals surface area contributed by atoms with Gasteiger partial charge in [0.25, 0.3) is 0 Å². The number of cyclic esters (lactones) is 1. The zero-order chi connectivity index (χ0) is 13.6. The minimum absolute atomic E-state index is 0.108. The van der Waals surface area contributed by atoms with E-state index in [1.165, 1.54) is 0 Å². The standard InChI is InChI=1S/C9H12O8S/c1-9(2)14-4-6(16-9)8-5(3-7(10)15-8)17-18(11,12)13/h3,6,8H,4H2,1-2H3,(H,11,12,13)/t6-,8+/m0/s1. The molecule has 18 heavy (non-hydrogen) atoms. The first-order chi connectivity index (χ1) is 8.16. The minimum atomic E-state index is -4.72. The second-order valence-electron chi connectivity index (χ2n) is 4.28. The van der Waals surface area contributed by atoms with Crippen LogP contribution in [0, 0.1) is 0 Å². The van der Waals surface area contributed by atoms with Crippen LogP contribution in [0.2, 0.25) is 0 Å². The Balaban J connectivity index is 2.14. The first-order valence-corrected chi connectivity index (χ1v) is 6.44. The highest BCUT2D eigenvalue weighted by atomic mass is 32.3. The maximum atomic E-state index is 11.1. The van der Waals surface area contributed by atoms with E-state index in [0.29, 0.717) is 0 Å². The molecule has 2 aliphatic heterocycles. The molecule has 102 valence electrons. The Morgan fingerprint density at radius 2 is 2.17 bits per heavy atom. The van der Waals surface area contributed by atoms with Crippen molar-refractivity contribution in [2.24, 2.45) is 0 Å². The van der Waals surface area contributed by atoms with Gasteiger partial charge in [0.15, 0.2) is 17.7 Å². The second-order valence-corrected chi connectivity index (χ2v) is 5.30. The van der Waals surface area contributed by atoms with Crippen LogP contribution in [-0.2, 0) is 33.6 Å². The largest absolute Gasteiger partial charge is 0.448 e. The van der Waals surface area contributed by atoms with E-state index in [2.05, 4.69) is 4.18 Å². The molecule has 0 aliphatic carbocycles. The summed E-state index contributed by atoms with van der Waals surface area (Å²) in [5, 5.41) is 0. The Hall–Kier alpha value is -1.16. The summed E-state index contributed by atoms with van der Waals surface area (Å²) in [5.41, 5.74) is 0. The summed E-state index contributed by atoms with van der Waals surface area (Å²) >= 11 is 0. The van der Waals surface area contributed by atoms with Crippen molar-refractivity contribution in [3.63, 3.8) is 0 Å². The van der Waals surface area contributed by atoms with Crippen molar-refractivity contribution in [1.82, 2.24) is 0 Å². The van der Waals surface area contributed by atoms with E-state index in [-0.39, 0.29) is 12.4 Å². The van der Waals surface area contributed by atoms with Crippen molar-refractivity contribution in [3.8, 4) is 0 Å². The van der Waals surface area contributed by atoms with E-state index in [1.807, 2.05) is 0 Å². The van der Waals surface area contributed by atoms with Crippen molar-refractivity contribution in [3.05, 3.63) is 11.8 Å². The van der Waals surface area contributed by atoms with E-state index in [0.717, 1.165) is 6.08 Å². The number of hydrogen-bond acceptors (Lipinski definition) is 7. The summed E-state index contributed by atoms with van der Waals surface area (Å²) in [4.78, 5) is 11.1. The Bertz CT molecular complexity index is 491. The first-order valence-electron chi connectivity index (χ1n) is 5.07. The van der Waals surface area contributed by atoms with Crippen LogP contribution in [-0.4, -0.2) is 43.5 Å². The third-order valence-corrected chi connectivity index (χ3v) is 2.76. The summed E-state index contributed by atoms with van der Waals surface area (Å²) in [7, 11) is -4.72. The number of esters is 1. The number of carbonyl (C=O) groups is 1. The summed E-state index contributed by atoms with van der Waals surface area (Å²) in [6, 6.07) is 0. The highest BCUT2D eigenvalue weighted by Gasteiger charge is 2.45. The van der Waals surface area contributed by atoms with Crippen LogP contribution in [0.5, 0.6) is 0 Å². The molecule has 1 N–H and O–H groups in total. The molecular formula is C9H12O8S. The molecular weight excluding hydrogens is 268 g/mol. The Morgan fingerprint density at radius 1 is 1.50 bits per heavy atom. The lowest BCUT2D eigenvalue weighted by molar-refractivity contribution is -0.161. The number of carbonyl (C=O) groups excluding carboxylic acids is 1. The van der Waals surface area contributed by atoms with Gasteiger partial charge in [-0.25, -0.2) is 4.79 Å². The molecule has 2 atom stereocenters. The van der Waals surface area contributed by atoms with E-state index in [4.69, 9.17) is 18.8 Å². The lowest BCUT2D eigenvalue weighted by atomic mass is 10.2. The predicted octanol–water partition coefficient (Wildman–Crippen LogP) is -0.233. The molecule has 8 nitrogen and oxygen atoms in total. The van der Waals surface area contributed by atoms with Crippen molar-refractivity contribution in [2.75, 3.05) is 6.61 Å². The lowest BCUT2D eigenvalue weighted by Gasteiger charge is -2.21. The average molecular weight is 280 g/mol. The van der Waals surface area contributed by atoms with E-state index in [1.54, 1.807) is 13.8 Å². The predicted molar refractivity (Wildman–Crippen MR) is 55.5 cm³/mol. The summed E-state index contributed by atoms with van der Waals surface area (Å²) in [5.74, 6) is -1.95. The fraction of sp³-hybridized carbons (Fsp3) is 0.667. The quantitative estimate of drug-likeness (QED) is 0.557. The van der Waals surface area contributed by atoms with Crippen LogP contribution in [0.4, 0.5) is 0 Å². The Kier molecular flexibility index (Phi) is 3.09. The zero-order valence-electron chi connectivity index (χ0n) is 9.65. The lowest BCUT2D eigenvalue weighted by Crippen LogP contribution is -2.33. The fourth-order valence-electron chi connectivity index (χ4n) is 1.73. The smallest absolute Gasteiger partial charge is 0.446 e. The SMILES string of the molecule is CC1(C)OC[C@@H]([C@@H]2OC(=O)C=C2OS(=O)(=O)O)O1. The second kappa shape index (κ2) is 4.19. The van der Waals surface area contributed by atoms with Crippen molar-refractivity contribution in [2.45, 2.75) is 31.8 Å². The van der Waals surface area contributed by atoms with Gasteiger partial charge in [-0.1, -0.05) is 0 Å². The molecule has 1 saturated heterocycles. The number of hydrogen-bond donors (Lipinski definition) is 1. The molecule has 2 rings (SSSR count). The first kappa shape index (κ1) is 13.3. The molecule has 0 amide bonds. The molecule has 0 radical (unpaired) electrons. The van der Waals surface area contributed by atoms with Gasteiger partial charge in [-0.3, -0.25) is 4.55 Å². The highest BCUT2D eigenvalue weighted by Crippen LogP contribution is 2.31. The number of ether oxygens (including phenoxy) is 3. The molecule has 2 aliphatic rings. The van der Waals surface area contributed by atoms with Crippen molar-refractivity contribution in [1.29, 1.82) is 0 Å². The van der Waals surface area contributed by atoms with Gasteiger partial charge in [0.2, 0.25) is 0 Å². The van der Waals surface area contributed by atoms with Crippen LogP contribution < -0.4 is 0 Å². The molecule has 2 heterocycles. The van der Waals surface area contributed by atoms with Gasteiger partial charge >= 0.3 is 16.4 Å². The molecule has 1 fully saturated rings. The molecule has 9 heteroatoms. The maximum Gasteiger partial charge on any atom is 0.446 e. The molecule has 0 saturated carbocycles. The van der Waals surface area contributed by atoms with E-state index in [9.17, 15) is 13.2 Å². The summed E-state index contributed by atoms with van der Waals surface area (Å²) in [6.07, 6.45) is -0.909. The summed E-state index contributed by atoms with van der Waals surface area (Å²) in [6.45, 7) is 3.44.